The lowest BCUT2D eigenvalue weighted by Gasteiger charge is -2.31. The second-order valence-corrected chi connectivity index (χ2v) is 8.79. The lowest BCUT2D eigenvalue weighted by atomic mass is 10.0. The summed E-state index contributed by atoms with van der Waals surface area (Å²) in [6.07, 6.45) is 10.5. The van der Waals surface area contributed by atoms with E-state index < -0.39 is 11.8 Å². The zero-order valence-electron chi connectivity index (χ0n) is 17.7. The Hall–Kier alpha value is -2.24. The molecule has 0 bridgehead atoms. The maximum absolute atomic E-state index is 13.8. The quantitative estimate of drug-likeness (QED) is 0.399. The van der Waals surface area contributed by atoms with E-state index in [9.17, 15) is 14.3 Å². The lowest BCUT2D eigenvalue weighted by molar-refractivity contribution is 0.0692. The molecule has 1 aliphatic rings. The Morgan fingerprint density at radius 2 is 2.10 bits per heavy atom. The van der Waals surface area contributed by atoms with Gasteiger partial charge in [-0.25, -0.2) is 9.18 Å². The minimum absolute atomic E-state index is 0.382. The molecule has 3 nitrogen and oxygen atoms in total. The minimum atomic E-state index is -1.31. The van der Waals surface area contributed by atoms with E-state index in [1.807, 2.05) is 12.1 Å². The third-order valence-electron chi connectivity index (χ3n) is 5.74. The second kappa shape index (κ2) is 10.4. The van der Waals surface area contributed by atoms with Gasteiger partial charge in [0.25, 0.3) is 0 Å². The van der Waals surface area contributed by atoms with Gasteiger partial charge in [-0.3, -0.25) is 0 Å². The maximum atomic E-state index is 13.8. The van der Waals surface area contributed by atoms with Gasteiger partial charge in [0.2, 0.25) is 0 Å². The molecule has 0 saturated heterocycles. The number of anilines is 1. The normalized spacial score (nSPS) is 14.3. The first-order valence-corrected chi connectivity index (χ1v) is 11.3. The van der Waals surface area contributed by atoms with Crippen molar-refractivity contribution in [1.82, 2.24) is 0 Å². The highest BCUT2D eigenvalue weighted by Gasteiger charge is 2.20. The van der Waals surface area contributed by atoms with Gasteiger partial charge in [0.1, 0.15) is 5.82 Å². The highest BCUT2D eigenvalue weighted by molar-refractivity contribution is 7.80. The summed E-state index contributed by atoms with van der Waals surface area (Å²) in [5, 5.41) is 9.71. The molecule has 1 aliphatic carbocycles. The molecule has 1 atom stereocenters. The lowest BCUT2D eigenvalue weighted by Crippen LogP contribution is -2.26. The van der Waals surface area contributed by atoms with Crippen molar-refractivity contribution < 1.29 is 14.3 Å². The van der Waals surface area contributed by atoms with Crippen LogP contribution in [-0.2, 0) is 0 Å². The standard InChI is InChI=1S/C25H27ClFNO2S/c1-3-16(2)11-12-28(18-7-5-4-6-8-18)23-15-21(26)19(14-24(23)31)17-9-10-22(27)20(13-17)25(29)30/h4-5,7,9-10,13-16,31H,3,6,8,11-12H2,1-2H3,(H,29,30)/t16-/m1/s1. The second-order valence-electron chi connectivity index (χ2n) is 7.90. The largest absolute Gasteiger partial charge is 0.478 e. The molecule has 3 rings (SSSR count). The van der Waals surface area contributed by atoms with Crippen molar-refractivity contribution in [3.8, 4) is 11.1 Å². The Morgan fingerprint density at radius 1 is 1.32 bits per heavy atom. The molecule has 0 heterocycles. The van der Waals surface area contributed by atoms with E-state index in [2.05, 4.69) is 37.0 Å². The van der Waals surface area contributed by atoms with Crippen molar-refractivity contribution in [1.29, 1.82) is 0 Å². The van der Waals surface area contributed by atoms with Crippen molar-refractivity contribution in [2.45, 2.75) is 44.4 Å². The molecule has 2 aromatic rings. The first-order valence-electron chi connectivity index (χ1n) is 10.5. The van der Waals surface area contributed by atoms with Crippen molar-refractivity contribution >= 4 is 35.9 Å². The molecule has 0 fully saturated rings. The number of aromatic carboxylic acids is 1. The molecular weight excluding hydrogens is 433 g/mol. The van der Waals surface area contributed by atoms with E-state index in [1.165, 1.54) is 17.8 Å². The number of benzene rings is 2. The van der Waals surface area contributed by atoms with E-state index in [4.69, 9.17) is 24.2 Å². The number of carbonyl (C=O) groups is 1. The van der Waals surface area contributed by atoms with Gasteiger partial charge < -0.3 is 10.0 Å². The van der Waals surface area contributed by atoms with E-state index in [-0.39, 0.29) is 5.56 Å². The van der Waals surface area contributed by atoms with Crippen LogP contribution in [0.2, 0.25) is 5.02 Å². The zero-order chi connectivity index (χ0) is 22.5. The van der Waals surface area contributed by atoms with Crippen LogP contribution in [0.1, 0.15) is 49.9 Å². The monoisotopic (exact) mass is 459 g/mol. The fraction of sp³-hybridized carbons (Fsp3) is 0.320. The summed E-state index contributed by atoms with van der Waals surface area (Å²) in [5.41, 5.74) is 2.92. The fourth-order valence-electron chi connectivity index (χ4n) is 3.63. The summed E-state index contributed by atoms with van der Waals surface area (Å²) in [6, 6.07) is 7.69. The van der Waals surface area contributed by atoms with Crippen molar-refractivity contribution in [2.75, 3.05) is 11.4 Å². The Morgan fingerprint density at radius 3 is 2.74 bits per heavy atom. The van der Waals surface area contributed by atoms with Gasteiger partial charge in [-0.05, 0) is 61.1 Å². The number of allylic oxidation sites excluding steroid dienone is 4. The molecule has 0 saturated carbocycles. The van der Waals surface area contributed by atoms with Crippen LogP contribution >= 0.6 is 24.2 Å². The summed E-state index contributed by atoms with van der Waals surface area (Å²) in [6.45, 7) is 5.30. The van der Waals surface area contributed by atoms with Crippen LogP contribution in [-0.4, -0.2) is 17.6 Å². The van der Waals surface area contributed by atoms with Crippen LogP contribution in [0.25, 0.3) is 11.1 Å². The number of nitrogens with zero attached hydrogens (tertiary/aromatic N) is 1. The number of carboxylic acids is 1. The van der Waals surface area contributed by atoms with Gasteiger partial charge in [-0.15, -0.1) is 12.6 Å². The van der Waals surface area contributed by atoms with E-state index in [0.717, 1.165) is 48.9 Å². The van der Waals surface area contributed by atoms with Crippen LogP contribution in [0.4, 0.5) is 10.1 Å². The molecule has 0 aromatic heterocycles. The molecule has 0 unspecified atom stereocenters. The van der Waals surface area contributed by atoms with Crippen molar-refractivity contribution in [2.24, 2.45) is 5.92 Å². The molecule has 1 N–H and O–H groups in total. The first-order chi connectivity index (χ1) is 14.8. The number of thiol groups is 1. The fourth-order valence-corrected chi connectivity index (χ4v) is 4.21. The Balaban J connectivity index is 2.02. The molecule has 0 amide bonds. The molecule has 2 aromatic carbocycles. The zero-order valence-corrected chi connectivity index (χ0v) is 19.4. The molecule has 31 heavy (non-hydrogen) atoms. The summed E-state index contributed by atoms with van der Waals surface area (Å²) in [7, 11) is 0. The highest BCUT2D eigenvalue weighted by Crippen LogP contribution is 2.39. The summed E-state index contributed by atoms with van der Waals surface area (Å²) in [4.78, 5) is 14.3. The molecule has 0 radical (unpaired) electrons. The predicted octanol–water partition coefficient (Wildman–Crippen LogP) is 7.61. The van der Waals surface area contributed by atoms with Gasteiger partial charge in [0, 0.05) is 22.7 Å². The number of hydrogen-bond acceptors (Lipinski definition) is 3. The summed E-state index contributed by atoms with van der Waals surface area (Å²) >= 11 is 11.4. The van der Waals surface area contributed by atoms with E-state index in [0.29, 0.717) is 22.1 Å². The molecular formula is C25H27ClFNO2S. The number of hydrogen-bond donors (Lipinski definition) is 2. The third-order valence-corrected chi connectivity index (χ3v) is 6.41. The first kappa shape index (κ1) is 23.4. The van der Waals surface area contributed by atoms with Crippen LogP contribution in [0, 0.1) is 11.7 Å². The molecule has 0 spiro atoms. The van der Waals surface area contributed by atoms with Crippen molar-refractivity contribution in [3.05, 3.63) is 70.7 Å². The van der Waals surface area contributed by atoms with Gasteiger partial charge >= 0.3 is 5.97 Å². The van der Waals surface area contributed by atoms with Gasteiger partial charge in [0.15, 0.2) is 0 Å². The summed E-state index contributed by atoms with van der Waals surface area (Å²) in [5.74, 6) is -1.48. The van der Waals surface area contributed by atoms with Crippen LogP contribution in [0.3, 0.4) is 0 Å². The Bertz CT molecular complexity index is 1030. The van der Waals surface area contributed by atoms with Gasteiger partial charge in [0.05, 0.1) is 16.3 Å². The van der Waals surface area contributed by atoms with Gasteiger partial charge in [-0.1, -0.05) is 50.1 Å². The molecule has 0 aliphatic heterocycles. The summed E-state index contributed by atoms with van der Waals surface area (Å²) < 4.78 is 13.8. The van der Waals surface area contributed by atoms with E-state index >= 15 is 0 Å². The average Bonchev–Trinajstić information content (AvgIpc) is 2.76. The smallest absolute Gasteiger partial charge is 0.338 e. The topological polar surface area (TPSA) is 40.5 Å². The number of rotatable bonds is 8. The Kier molecular flexibility index (Phi) is 7.84. The van der Waals surface area contributed by atoms with Crippen molar-refractivity contribution in [3.63, 3.8) is 0 Å². The van der Waals surface area contributed by atoms with E-state index in [1.54, 1.807) is 0 Å². The average molecular weight is 460 g/mol. The molecule has 6 heteroatoms. The molecule has 164 valence electrons. The highest BCUT2D eigenvalue weighted by atomic mass is 35.5. The van der Waals surface area contributed by atoms with Crippen LogP contribution < -0.4 is 4.90 Å². The van der Waals surface area contributed by atoms with Crippen LogP contribution in [0.15, 0.2) is 59.2 Å². The number of halogens is 2. The minimum Gasteiger partial charge on any atom is -0.478 e. The SMILES string of the molecule is CC[C@@H](C)CCN(C1=CC=CCC1)c1cc(Cl)c(-c2ccc(F)c(C(=O)O)c2)cc1S. The maximum Gasteiger partial charge on any atom is 0.338 e. The van der Waals surface area contributed by atoms with Crippen LogP contribution in [0.5, 0.6) is 0 Å². The predicted molar refractivity (Wildman–Crippen MR) is 129 cm³/mol. The Labute approximate surface area is 193 Å². The van der Waals surface area contributed by atoms with Gasteiger partial charge in [-0.2, -0.15) is 0 Å². The number of carboxylic acid groups (broad SMARTS) is 1. The third kappa shape index (κ3) is 5.52.